The summed E-state index contributed by atoms with van der Waals surface area (Å²) < 4.78 is 0. The number of nitrogens with one attached hydrogen (secondary N) is 1. The van der Waals surface area contributed by atoms with Crippen molar-refractivity contribution in [2.75, 3.05) is 25.0 Å². The molecule has 2 rings (SSSR count). The Labute approximate surface area is 92.3 Å². The van der Waals surface area contributed by atoms with Crippen LogP contribution in [0, 0.1) is 0 Å². The van der Waals surface area contributed by atoms with Crippen LogP contribution in [0.3, 0.4) is 0 Å². The number of anilines is 1. The Morgan fingerprint density at radius 2 is 2.27 bits per heavy atom. The third kappa shape index (κ3) is 2.15. The van der Waals surface area contributed by atoms with Crippen molar-refractivity contribution in [3.8, 4) is 0 Å². The summed E-state index contributed by atoms with van der Waals surface area (Å²) in [5.41, 5.74) is 4.43. The van der Waals surface area contributed by atoms with Gasteiger partial charge in [-0.3, -0.25) is 0 Å². The highest BCUT2D eigenvalue weighted by atomic mass is 15.1. The molecule has 0 amide bonds. The lowest BCUT2D eigenvalue weighted by Crippen LogP contribution is -2.27. The highest BCUT2D eigenvalue weighted by molar-refractivity contribution is 5.57. The zero-order chi connectivity index (χ0) is 10.7. The van der Waals surface area contributed by atoms with Gasteiger partial charge in [-0.25, -0.2) is 0 Å². The molecule has 2 nitrogen and oxygen atoms in total. The van der Waals surface area contributed by atoms with Gasteiger partial charge in [0.15, 0.2) is 0 Å². The maximum atomic E-state index is 3.45. The maximum Gasteiger partial charge on any atom is 0.0412 e. The predicted octanol–water partition coefficient (Wildman–Crippen LogP) is 2.18. The third-order valence-corrected chi connectivity index (χ3v) is 3.09. The first kappa shape index (κ1) is 10.5. The van der Waals surface area contributed by atoms with Crippen molar-refractivity contribution in [1.82, 2.24) is 5.32 Å². The van der Waals surface area contributed by atoms with Crippen molar-refractivity contribution < 1.29 is 0 Å². The quantitative estimate of drug-likeness (QED) is 0.812. The average molecular weight is 204 g/mol. The molecule has 1 N–H and O–H groups in total. The molecular formula is C13H20N2. The van der Waals surface area contributed by atoms with E-state index in [4.69, 9.17) is 0 Å². The summed E-state index contributed by atoms with van der Waals surface area (Å²) in [5.74, 6) is 0. The molecule has 2 heteroatoms. The number of benzene rings is 1. The molecule has 1 aromatic rings. The van der Waals surface area contributed by atoms with Gasteiger partial charge in [0, 0.05) is 25.8 Å². The van der Waals surface area contributed by atoms with Gasteiger partial charge in [0.05, 0.1) is 0 Å². The lowest BCUT2D eigenvalue weighted by atomic mass is 9.99. The zero-order valence-corrected chi connectivity index (χ0v) is 9.71. The van der Waals surface area contributed by atoms with E-state index in [1.807, 2.05) is 0 Å². The van der Waals surface area contributed by atoms with E-state index >= 15 is 0 Å². The molecule has 1 heterocycles. The van der Waals surface area contributed by atoms with Crippen LogP contribution in [-0.4, -0.2) is 20.1 Å². The van der Waals surface area contributed by atoms with Crippen LogP contribution in [0.1, 0.15) is 24.5 Å². The Morgan fingerprint density at radius 3 is 3.07 bits per heavy atom. The molecular weight excluding hydrogens is 184 g/mol. The molecule has 0 saturated heterocycles. The topological polar surface area (TPSA) is 15.3 Å². The Balaban J connectivity index is 2.30. The van der Waals surface area contributed by atoms with Gasteiger partial charge in [-0.15, -0.1) is 0 Å². The van der Waals surface area contributed by atoms with Gasteiger partial charge < -0.3 is 10.2 Å². The second kappa shape index (κ2) is 4.67. The molecule has 1 aliphatic heterocycles. The van der Waals surface area contributed by atoms with Crippen molar-refractivity contribution in [2.24, 2.45) is 0 Å². The SMILES string of the molecule is CCCN(C)c1cccc2c1CNCC2. The molecule has 0 atom stereocenters. The number of nitrogens with zero attached hydrogens (tertiary/aromatic N) is 1. The summed E-state index contributed by atoms with van der Waals surface area (Å²) >= 11 is 0. The van der Waals surface area contributed by atoms with E-state index in [2.05, 4.69) is 42.4 Å². The first-order chi connectivity index (χ1) is 7.33. The fourth-order valence-corrected chi connectivity index (χ4v) is 2.31. The molecule has 1 aliphatic rings. The van der Waals surface area contributed by atoms with Crippen molar-refractivity contribution in [1.29, 1.82) is 0 Å². The normalized spacial score (nSPS) is 14.8. The molecule has 0 bridgehead atoms. The van der Waals surface area contributed by atoms with Crippen LogP contribution in [-0.2, 0) is 13.0 Å². The van der Waals surface area contributed by atoms with Crippen LogP contribution in [0.25, 0.3) is 0 Å². The Kier molecular flexibility index (Phi) is 3.27. The Hall–Kier alpha value is -1.02. The van der Waals surface area contributed by atoms with E-state index in [0.717, 1.165) is 19.6 Å². The number of rotatable bonds is 3. The van der Waals surface area contributed by atoms with Gasteiger partial charge in [0.2, 0.25) is 0 Å². The fourth-order valence-electron chi connectivity index (χ4n) is 2.31. The molecule has 0 radical (unpaired) electrons. The van der Waals surface area contributed by atoms with Crippen LogP contribution in [0.2, 0.25) is 0 Å². The molecule has 82 valence electrons. The molecule has 0 spiro atoms. The second-order valence-corrected chi connectivity index (χ2v) is 4.26. The van der Waals surface area contributed by atoms with Crippen molar-refractivity contribution >= 4 is 5.69 Å². The summed E-state index contributed by atoms with van der Waals surface area (Å²) in [4.78, 5) is 2.37. The van der Waals surface area contributed by atoms with Crippen LogP contribution in [0.15, 0.2) is 18.2 Å². The summed E-state index contributed by atoms with van der Waals surface area (Å²) in [6, 6.07) is 6.69. The summed E-state index contributed by atoms with van der Waals surface area (Å²) in [7, 11) is 2.19. The number of hydrogen-bond donors (Lipinski definition) is 1. The Bertz CT molecular complexity index is 333. The Morgan fingerprint density at radius 1 is 1.40 bits per heavy atom. The number of fused-ring (bicyclic) bond motifs is 1. The standard InChI is InChI=1S/C13H20N2/c1-3-9-15(2)13-6-4-5-11-7-8-14-10-12(11)13/h4-6,14H,3,7-10H2,1-2H3. The molecule has 1 aromatic carbocycles. The van der Waals surface area contributed by atoms with Crippen molar-refractivity contribution in [3.05, 3.63) is 29.3 Å². The molecule has 15 heavy (non-hydrogen) atoms. The van der Waals surface area contributed by atoms with E-state index in [9.17, 15) is 0 Å². The van der Waals surface area contributed by atoms with Gasteiger partial charge in [0.1, 0.15) is 0 Å². The van der Waals surface area contributed by atoms with Gasteiger partial charge in [-0.1, -0.05) is 19.1 Å². The molecule has 0 saturated carbocycles. The van der Waals surface area contributed by atoms with Gasteiger partial charge in [0.25, 0.3) is 0 Å². The lowest BCUT2D eigenvalue weighted by molar-refractivity contribution is 0.641. The lowest BCUT2D eigenvalue weighted by Gasteiger charge is -2.26. The van der Waals surface area contributed by atoms with Gasteiger partial charge >= 0.3 is 0 Å². The van der Waals surface area contributed by atoms with Crippen LogP contribution < -0.4 is 10.2 Å². The molecule has 0 aliphatic carbocycles. The minimum absolute atomic E-state index is 1.03. The number of hydrogen-bond acceptors (Lipinski definition) is 2. The minimum atomic E-state index is 1.03. The first-order valence-electron chi connectivity index (χ1n) is 5.85. The van der Waals surface area contributed by atoms with Crippen molar-refractivity contribution in [2.45, 2.75) is 26.3 Å². The maximum absolute atomic E-state index is 3.45. The molecule has 0 fully saturated rings. The van der Waals surface area contributed by atoms with E-state index in [1.54, 1.807) is 0 Å². The summed E-state index contributed by atoms with van der Waals surface area (Å²) in [5, 5.41) is 3.45. The highest BCUT2D eigenvalue weighted by Gasteiger charge is 2.13. The third-order valence-electron chi connectivity index (χ3n) is 3.09. The minimum Gasteiger partial charge on any atom is -0.374 e. The second-order valence-electron chi connectivity index (χ2n) is 4.26. The van der Waals surface area contributed by atoms with E-state index < -0.39 is 0 Å². The first-order valence-corrected chi connectivity index (χ1v) is 5.85. The molecule has 0 unspecified atom stereocenters. The molecule has 0 aromatic heterocycles. The van der Waals surface area contributed by atoms with E-state index in [-0.39, 0.29) is 0 Å². The largest absolute Gasteiger partial charge is 0.374 e. The monoisotopic (exact) mass is 204 g/mol. The van der Waals surface area contributed by atoms with Crippen LogP contribution >= 0.6 is 0 Å². The zero-order valence-electron chi connectivity index (χ0n) is 9.71. The average Bonchev–Trinajstić information content (AvgIpc) is 2.28. The van der Waals surface area contributed by atoms with E-state index in [0.29, 0.717) is 0 Å². The fraction of sp³-hybridized carbons (Fsp3) is 0.538. The summed E-state index contributed by atoms with van der Waals surface area (Å²) in [6.45, 7) is 5.51. The van der Waals surface area contributed by atoms with Crippen LogP contribution in [0.5, 0.6) is 0 Å². The van der Waals surface area contributed by atoms with Crippen LogP contribution in [0.4, 0.5) is 5.69 Å². The summed E-state index contributed by atoms with van der Waals surface area (Å²) in [6.07, 6.45) is 2.37. The van der Waals surface area contributed by atoms with Gasteiger partial charge in [-0.05, 0) is 36.6 Å². The smallest absolute Gasteiger partial charge is 0.0412 e. The van der Waals surface area contributed by atoms with Gasteiger partial charge in [-0.2, -0.15) is 0 Å². The predicted molar refractivity (Wildman–Crippen MR) is 65.4 cm³/mol. The van der Waals surface area contributed by atoms with Crippen molar-refractivity contribution in [3.63, 3.8) is 0 Å². The van der Waals surface area contributed by atoms with E-state index in [1.165, 1.54) is 29.7 Å². The highest BCUT2D eigenvalue weighted by Crippen LogP contribution is 2.25.